The lowest BCUT2D eigenvalue weighted by atomic mass is 9.97. The number of rotatable bonds is 6. The Balaban J connectivity index is 2.12. The van der Waals surface area contributed by atoms with Gasteiger partial charge in [0, 0.05) is 0 Å². The molecule has 2 aromatic carbocycles. The monoisotopic (exact) mass is 313 g/mol. The highest BCUT2D eigenvalue weighted by atomic mass is 16.8. The van der Waals surface area contributed by atoms with E-state index in [0.717, 1.165) is 17.7 Å². The summed E-state index contributed by atoms with van der Waals surface area (Å²) in [7, 11) is 0. The van der Waals surface area contributed by atoms with Crippen LogP contribution in [0.5, 0.6) is 5.75 Å². The van der Waals surface area contributed by atoms with Crippen LogP contribution in [-0.4, -0.2) is 12.7 Å². The van der Waals surface area contributed by atoms with Gasteiger partial charge in [0.2, 0.25) is 0 Å². The van der Waals surface area contributed by atoms with E-state index in [-0.39, 0.29) is 0 Å². The molecule has 1 atom stereocenters. The fourth-order valence-electron chi connectivity index (χ4n) is 2.33. The Kier molecular flexibility index (Phi) is 6.03. The molecular weight excluding hydrogens is 290 g/mol. The van der Waals surface area contributed by atoms with Gasteiger partial charge in [-0.15, -0.1) is 0 Å². The van der Waals surface area contributed by atoms with Gasteiger partial charge in [0.25, 0.3) is 0 Å². The molecule has 0 aromatic heterocycles. The minimum atomic E-state index is -0.739. The molecule has 0 bridgehead atoms. The summed E-state index contributed by atoms with van der Waals surface area (Å²) in [6.45, 7) is 6.78. The third-order valence-electron chi connectivity index (χ3n) is 3.77. The number of nitrogens with zero attached hydrogens (tertiary/aromatic N) is 1. The van der Waals surface area contributed by atoms with Gasteiger partial charge in [0.15, 0.2) is 0 Å². The highest BCUT2D eigenvalue weighted by molar-refractivity contribution is 5.66. The fourth-order valence-corrected chi connectivity index (χ4v) is 2.33. The van der Waals surface area contributed by atoms with E-state index in [4.69, 9.17) is 9.57 Å². The molecule has 0 aliphatic heterocycles. The van der Waals surface area contributed by atoms with Gasteiger partial charge in [0.1, 0.15) is 5.75 Å². The van der Waals surface area contributed by atoms with Gasteiger partial charge in [-0.2, -0.15) is 0 Å². The predicted octanol–water partition coefficient (Wildman–Crippen LogP) is 5.16. The quantitative estimate of drug-likeness (QED) is 0.419. The van der Waals surface area contributed by atoms with Gasteiger partial charge in [-0.3, -0.25) is 0 Å². The first kappa shape index (κ1) is 16.9. The minimum Gasteiger partial charge on any atom is -0.393 e. The molecular formula is C19H23NO3. The summed E-state index contributed by atoms with van der Waals surface area (Å²) < 4.78 is 5.19. The molecule has 0 spiro atoms. The Morgan fingerprint density at radius 1 is 1.04 bits per heavy atom. The van der Waals surface area contributed by atoms with Gasteiger partial charge < -0.3 is 9.57 Å². The van der Waals surface area contributed by atoms with Crippen molar-refractivity contribution < 1.29 is 14.4 Å². The average molecular weight is 313 g/mol. The largest absolute Gasteiger partial charge is 0.539 e. The summed E-state index contributed by atoms with van der Waals surface area (Å²) in [4.78, 5) is 17.4. The number of para-hydroxylation sites is 2. The molecule has 0 aliphatic carbocycles. The molecule has 4 heteroatoms. The van der Waals surface area contributed by atoms with Gasteiger partial charge in [-0.25, -0.2) is 9.86 Å². The van der Waals surface area contributed by atoms with E-state index in [1.807, 2.05) is 31.2 Å². The van der Waals surface area contributed by atoms with Crippen LogP contribution in [0.4, 0.5) is 10.5 Å². The molecule has 0 aliphatic rings. The normalized spacial score (nSPS) is 11.6. The highest BCUT2D eigenvalue weighted by Crippen LogP contribution is 2.29. The third-order valence-corrected chi connectivity index (χ3v) is 3.77. The van der Waals surface area contributed by atoms with Crippen LogP contribution in [0.3, 0.4) is 0 Å². The standard InChI is InChI=1S/C19H23NO3/c1-4-15(3)17-13-9-10-14-18(17)20(5-2)23-19(21)22-16-11-7-6-8-12-16/h6-15H,4-5H2,1-3H3. The van der Waals surface area contributed by atoms with Crippen molar-refractivity contribution in [3.63, 3.8) is 0 Å². The van der Waals surface area contributed by atoms with Crippen molar-refractivity contribution in [2.24, 2.45) is 0 Å². The molecule has 1 unspecified atom stereocenters. The van der Waals surface area contributed by atoms with Crippen molar-refractivity contribution in [3.05, 3.63) is 60.2 Å². The Bertz CT molecular complexity index is 628. The van der Waals surface area contributed by atoms with E-state index in [1.165, 1.54) is 0 Å². The number of anilines is 1. The lowest BCUT2D eigenvalue weighted by Crippen LogP contribution is -2.29. The zero-order valence-corrected chi connectivity index (χ0v) is 13.9. The first-order valence-electron chi connectivity index (χ1n) is 7.97. The summed E-state index contributed by atoms with van der Waals surface area (Å²) in [6.07, 6.45) is 0.278. The zero-order valence-electron chi connectivity index (χ0n) is 13.9. The SMILES string of the molecule is CCC(C)c1ccccc1N(CC)OC(=O)Oc1ccccc1. The number of hydrogen-bond acceptors (Lipinski definition) is 4. The van der Waals surface area contributed by atoms with Crippen molar-refractivity contribution in [1.82, 2.24) is 0 Å². The Labute approximate surface area is 137 Å². The number of hydroxylamine groups is 1. The molecule has 0 radical (unpaired) electrons. The number of hydrogen-bond donors (Lipinski definition) is 0. The molecule has 0 fully saturated rings. The molecule has 0 amide bonds. The van der Waals surface area contributed by atoms with Crippen molar-refractivity contribution in [2.45, 2.75) is 33.1 Å². The maximum absolute atomic E-state index is 12.0. The van der Waals surface area contributed by atoms with Gasteiger partial charge >= 0.3 is 6.16 Å². The Hall–Kier alpha value is -2.49. The first-order chi connectivity index (χ1) is 11.2. The number of carbonyl (C=O) groups excluding carboxylic acids is 1. The molecule has 0 saturated carbocycles. The maximum atomic E-state index is 12.0. The van der Waals surface area contributed by atoms with Crippen LogP contribution in [0, 0.1) is 0 Å². The van der Waals surface area contributed by atoms with Crippen molar-refractivity contribution >= 4 is 11.8 Å². The van der Waals surface area contributed by atoms with E-state index in [1.54, 1.807) is 29.3 Å². The second-order valence-electron chi connectivity index (χ2n) is 5.32. The van der Waals surface area contributed by atoms with Gasteiger partial charge in [-0.05, 0) is 43.0 Å². The molecule has 122 valence electrons. The van der Waals surface area contributed by atoms with Crippen LogP contribution in [0.2, 0.25) is 0 Å². The summed E-state index contributed by atoms with van der Waals surface area (Å²) >= 11 is 0. The minimum absolute atomic E-state index is 0.383. The topological polar surface area (TPSA) is 38.8 Å². The van der Waals surface area contributed by atoms with Crippen LogP contribution >= 0.6 is 0 Å². The van der Waals surface area contributed by atoms with E-state index in [2.05, 4.69) is 19.9 Å². The molecule has 4 nitrogen and oxygen atoms in total. The summed E-state index contributed by atoms with van der Waals surface area (Å²) in [5.41, 5.74) is 2.05. The van der Waals surface area contributed by atoms with Crippen LogP contribution in [0.1, 0.15) is 38.7 Å². The van der Waals surface area contributed by atoms with Gasteiger partial charge in [-0.1, -0.05) is 50.2 Å². The summed E-state index contributed by atoms with van der Waals surface area (Å²) in [6, 6.07) is 16.9. The zero-order chi connectivity index (χ0) is 16.7. The maximum Gasteiger partial charge on any atom is 0.539 e. The molecule has 23 heavy (non-hydrogen) atoms. The first-order valence-corrected chi connectivity index (χ1v) is 7.97. The lowest BCUT2D eigenvalue weighted by molar-refractivity contribution is 0.0884. The molecule has 0 N–H and O–H groups in total. The Morgan fingerprint density at radius 2 is 1.70 bits per heavy atom. The number of benzene rings is 2. The van der Waals surface area contributed by atoms with Gasteiger partial charge in [0.05, 0.1) is 12.2 Å². The van der Waals surface area contributed by atoms with Crippen LogP contribution in [-0.2, 0) is 4.84 Å². The fraction of sp³-hybridized carbons (Fsp3) is 0.316. The van der Waals surface area contributed by atoms with Crippen molar-refractivity contribution in [3.8, 4) is 5.75 Å². The number of ether oxygens (including phenoxy) is 1. The van der Waals surface area contributed by atoms with Crippen molar-refractivity contribution in [2.75, 3.05) is 11.6 Å². The Morgan fingerprint density at radius 3 is 2.35 bits per heavy atom. The summed E-state index contributed by atoms with van der Waals surface area (Å²) in [5, 5.41) is 1.58. The van der Waals surface area contributed by atoms with Crippen molar-refractivity contribution in [1.29, 1.82) is 0 Å². The van der Waals surface area contributed by atoms with E-state index in [9.17, 15) is 4.79 Å². The second kappa shape index (κ2) is 8.22. The molecule has 2 aromatic rings. The molecule has 0 saturated heterocycles. The molecule has 2 rings (SSSR count). The smallest absolute Gasteiger partial charge is 0.393 e. The average Bonchev–Trinajstić information content (AvgIpc) is 2.60. The van der Waals surface area contributed by atoms with E-state index >= 15 is 0 Å². The van der Waals surface area contributed by atoms with Crippen LogP contribution in [0.15, 0.2) is 54.6 Å². The second-order valence-corrected chi connectivity index (χ2v) is 5.32. The third kappa shape index (κ3) is 4.49. The van der Waals surface area contributed by atoms with Crippen LogP contribution in [0.25, 0.3) is 0 Å². The predicted molar refractivity (Wildman–Crippen MR) is 91.7 cm³/mol. The van der Waals surface area contributed by atoms with E-state index < -0.39 is 6.16 Å². The summed E-state index contributed by atoms with van der Waals surface area (Å²) in [5.74, 6) is 0.845. The number of carbonyl (C=O) groups is 1. The molecule has 0 heterocycles. The lowest BCUT2D eigenvalue weighted by Gasteiger charge is -2.25. The highest BCUT2D eigenvalue weighted by Gasteiger charge is 2.18. The van der Waals surface area contributed by atoms with Crippen LogP contribution < -0.4 is 9.80 Å². The van der Waals surface area contributed by atoms with E-state index in [0.29, 0.717) is 18.2 Å².